The topological polar surface area (TPSA) is 68.0 Å². The number of nitrogens with one attached hydrogen (secondary N) is 1. The van der Waals surface area contributed by atoms with Crippen LogP contribution in [0, 0.1) is 5.82 Å². The largest absolute Gasteiger partial charge is 0.324 e. The molecule has 0 bridgehead atoms. The molecule has 2 heterocycles. The summed E-state index contributed by atoms with van der Waals surface area (Å²) in [6.07, 6.45) is 2.57. The van der Waals surface area contributed by atoms with Crippen LogP contribution in [0.15, 0.2) is 53.6 Å². The highest BCUT2D eigenvalue weighted by atomic mass is 19.1. The molecule has 0 saturated carbocycles. The zero-order valence-electron chi connectivity index (χ0n) is 14.2. The highest BCUT2D eigenvalue weighted by Gasteiger charge is 2.13. The Balaban J connectivity index is 1.67. The van der Waals surface area contributed by atoms with E-state index in [2.05, 4.69) is 43.3 Å². The molecule has 0 aliphatic heterocycles. The molecule has 6 nitrogen and oxygen atoms in total. The molecule has 1 N–H and O–H groups in total. The number of fused-ring (bicyclic) bond motifs is 3. The van der Waals surface area contributed by atoms with Crippen molar-refractivity contribution in [3.63, 3.8) is 0 Å². The van der Waals surface area contributed by atoms with E-state index >= 15 is 0 Å². The molecule has 0 fully saturated rings. The predicted molar refractivity (Wildman–Crippen MR) is 101 cm³/mol. The molecule has 0 aliphatic carbocycles. The van der Waals surface area contributed by atoms with Gasteiger partial charge in [-0.2, -0.15) is 10.1 Å². The summed E-state index contributed by atoms with van der Waals surface area (Å²) in [6, 6.07) is 14.1. The summed E-state index contributed by atoms with van der Waals surface area (Å²) in [7, 11) is 0. The Hall–Kier alpha value is -3.35. The number of rotatable bonds is 5. The molecule has 2 aromatic heterocycles. The van der Waals surface area contributed by atoms with E-state index in [-0.39, 0.29) is 5.82 Å². The Bertz CT molecular complexity index is 1080. The smallest absolute Gasteiger partial charge is 0.265 e. The van der Waals surface area contributed by atoms with Crippen molar-refractivity contribution in [3.05, 3.63) is 59.9 Å². The molecule has 4 rings (SSSR count). The van der Waals surface area contributed by atoms with E-state index in [1.807, 2.05) is 18.2 Å². The summed E-state index contributed by atoms with van der Waals surface area (Å²) in [5.74, 6) is 0.0351. The van der Waals surface area contributed by atoms with Crippen molar-refractivity contribution in [3.8, 4) is 0 Å². The third-order valence-electron chi connectivity index (χ3n) is 4.07. The Kier molecular flexibility index (Phi) is 4.27. The van der Waals surface area contributed by atoms with Crippen LogP contribution in [-0.4, -0.2) is 26.0 Å². The molecule has 26 heavy (non-hydrogen) atoms. The maximum absolute atomic E-state index is 12.9. The van der Waals surface area contributed by atoms with Crippen LogP contribution in [0.4, 0.5) is 10.3 Å². The quantitative estimate of drug-likeness (QED) is 0.438. The zero-order chi connectivity index (χ0) is 17.9. The predicted octanol–water partition coefficient (Wildman–Crippen LogP) is 3.97. The molecule has 0 spiro atoms. The number of hydrogen-bond acceptors (Lipinski definition) is 5. The Morgan fingerprint density at radius 1 is 1.12 bits per heavy atom. The second-order valence-electron chi connectivity index (χ2n) is 5.90. The normalized spacial score (nSPS) is 11.6. The molecule has 0 aliphatic rings. The van der Waals surface area contributed by atoms with E-state index in [1.165, 1.54) is 12.1 Å². The van der Waals surface area contributed by atoms with Gasteiger partial charge in [0.1, 0.15) is 11.3 Å². The first-order valence-electron chi connectivity index (χ1n) is 8.42. The first-order valence-corrected chi connectivity index (χ1v) is 8.42. The first-order chi connectivity index (χ1) is 12.8. The van der Waals surface area contributed by atoms with Gasteiger partial charge in [0.25, 0.3) is 5.95 Å². The lowest BCUT2D eigenvalue weighted by molar-refractivity contribution is 0.628. The van der Waals surface area contributed by atoms with Crippen molar-refractivity contribution in [1.29, 1.82) is 0 Å². The lowest BCUT2D eigenvalue weighted by Crippen LogP contribution is -2.03. The molecule has 0 saturated heterocycles. The van der Waals surface area contributed by atoms with Gasteiger partial charge in [0.2, 0.25) is 0 Å². The average molecular weight is 348 g/mol. The molecule has 2 aromatic carbocycles. The SMILES string of the molecule is CCCn1c2ccccc2c2nnc(N/N=C/c3ccc(F)cc3)nc21. The number of hydrogen-bond donors (Lipinski definition) is 1. The summed E-state index contributed by atoms with van der Waals surface area (Å²) in [4.78, 5) is 4.58. The van der Waals surface area contributed by atoms with Gasteiger partial charge in [0.05, 0.1) is 11.7 Å². The zero-order valence-corrected chi connectivity index (χ0v) is 14.2. The van der Waals surface area contributed by atoms with E-state index in [0.29, 0.717) is 5.95 Å². The van der Waals surface area contributed by atoms with Crippen molar-refractivity contribution in [2.75, 3.05) is 5.43 Å². The van der Waals surface area contributed by atoms with Gasteiger partial charge in [0, 0.05) is 11.9 Å². The second-order valence-corrected chi connectivity index (χ2v) is 5.90. The molecule has 7 heteroatoms. The van der Waals surface area contributed by atoms with Gasteiger partial charge in [-0.25, -0.2) is 9.82 Å². The van der Waals surface area contributed by atoms with Crippen LogP contribution in [0.5, 0.6) is 0 Å². The van der Waals surface area contributed by atoms with Crippen LogP contribution in [0.2, 0.25) is 0 Å². The van der Waals surface area contributed by atoms with Gasteiger partial charge >= 0.3 is 0 Å². The van der Waals surface area contributed by atoms with Crippen LogP contribution in [0.25, 0.3) is 22.1 Å². The summed E-state index contributed by atoms with van der Waals surface area (Å²) >= 11 is 0. The molecule has 0 radical (unpaired) electrons. The number of anilines is 1. The summed E-state index contributed by atoms with van der Waals surface area (Å²) in [5.41, 5.74) is 6.22. The van der Waals surface area contributed by atoms with Gasteiger partial charge in [0.15, 0.2) is 5.65 Å². The van der Waals surface area contributed by atoms with Gasteiger partial charge in [-0.3, -0.25) is 0 Å². The van der Waals surface area contributed by atoms with Crippen LogP contribution < -0.4 is 5.43 Å². The summed E-state index contributed by atoms with van der Waals surface area (Å²) < 4.78 is 15.1. The number of aryl methyl sites for hydroxylation is 1. The van der Waals surface area contributed by atoms with Crippen molar-refractivity contribution < 1.29 is 4.39 Å². The third kappa shape index (κ3) is 2.99. The Labute approximate surface area is 149 Å². The van der Waals surface area contributed by atoms with Crippen molar-refractivity contribution in [2.24, 2.45) is 5.10 Å². The number of hydrazone groups is 1. The minimum absolute atomic E-state index is 0.281. The fourth-order valence-corrected chi connectivity index (χ4v) is 2.91. The second kappa shape index (κ2) is 6.87. The fourth-order valence-electron chi connectivity index (χ4n) is 2.91. The van der Waals surface area contributed by atoms with E-state index in [0.717, 1.165) is 40.6 Å². The van der Waals surface area contributed by atoms with Crippen molar-refractivity contribution >= 4 is 34.2 Å². The number of para-hydroxylation sites is 1. The maximum atomic E-state index is 12.9. The molecule has 0 atom stereocenters. The van der Waals surface area contributed by atoms with Crippen LogP contribution >= 0.6 is 0 Å². The molecular weight excluding hydrogens is 331 g/mol. The molecule has 130 valence electrons. The molecule has 0 unspecified atom stereocenters. The standard InChI is InChI=1S/C19H17FN6/c1-2-11-26-16-6-4-3-5-15(16)17-18(26)22-19(25-23-17)24-21-12-13-7-9-14(20)10-8-13/h3-10,12H,2,11H2,1H3,(H,22,24,25)/b21-12+. The van der Waals surface area contributed by atoms with Crippen molar-refractivity contribution in [1.82, 2.24) is 19.7 Å². The van der Waals surface area contributed by atoms with E-state index in [4.69, 9.17) is 0 Å². The van der Waals surface area contributed by atoms with Gasteiger partial charge in [-0.1, -0.05) is 37.3 Å². The average Bonchev–Trinajstić information content (AvgIpc) is 2.97. The minimum Gasteiger partial charge on any atom is -0.324 e. The van der Waals surface area contributed by atoms with Gasteiger partial charge in [-0.05, 0) is 30.2 Å². The lowest BCUT2D eigenvalue weighted by Gasteiger charge is -2.04. The van der Waals surface area contributed by atoms with Crippen LogP contribution in [0.3, 0.4) is 0 Å². The van der Waals surface area contributed by atoms with Crippen LogP contribution in [-0.2, 0) is 6.54 Å². The highest BCUT2D eigenvalue weighted by Crippen LogP contribution is 2.26. The van der Waals surface area contributed by atoms with E-state index in [9.17, 15) is 4.39 Å². The highest BCUT2D eigenvalue weighted by molar-refractivity contribution is 6.04. The number of benzene rings is 2. The first kappa shape index (κ1) is 16.1. The molecule has 0 amide bonds. The van der Waals surface area contributed by atoms with Crippen molar-refractivity contribution in [2.45, 2.75) is 19.9 Å². The minimum atomic E-state index is -0.281. The molecular formula is C19H17FN6. The fraction of sp³-hybridized carbons (Fsp3) is 0.158. The van der Waals surface area contributed by atoms with E-state index in [1.54, 1.807) is 18.3 Å². The monoisotopic (exact) mass is 348 g/mol. The number of halogens is 1. The van der Waals surface area contributed by atoms with Gasteiger partial charge in [-0.15, -0.1) is 10.2 Å². The lowest BCUT2D eigenvalue weighted by atomic mass is 10.2. The molecule has 4 aromatic rings. The van der Waals surface area contributed by atoms with Crippen LogP contribution in [0.1, 0.15) is 18.9 Å². The summed E-state index contributed by atoms with van der Waals surface area (Å²) in [6.45, 7) is 2.97. The summed E-state index contributed by atoms with van der Waals surface area (Å²) in [5, 5.41) is 13.6. The Morgan fingerprint density at radius 3 is 2.73 bits per heavy atom. The number of nitrogens with zero attached hydrogens (tertiary/aromatic N) is 5. The number of aromatic nitrogens is 4. The maximum Gasteiger partial charge on any atom is 0.265 e. The van der Waals surface area contributed by atoms with Gasteiger partial charge < -0.3 is 4.57 Å². The Morgan fingerprint density at radius 2 is 1.92 bits per heavy atom. The third-order valence-corrected chi connectivity index (χ3v) is 4.07. The van der Waals surface area contributed by atoms with E-state index < -0.39 is 0 Å².